The third-order valence-corrected chi connectivity index (χ3v) is 5.42. The smallest absolute Gasteiger partial charge is 0.191 e. The first kappa shape index (κ1) is 18.3. The number of guanidine groups is 1. The number of nitrogens with zero attached hydrogens (tertiary/aromatic N) is 3. The SMILES string of the molecule is CN=C(NCc1ccnn1C)NCC1(c2cccc(OC)c2)CCCC1. The summed E-state index contributed by atoms with van der Waals surface area (Å²) in [6, 6.07) is 10.5. The van der Waals surface area contributed by atoms with Gasteiger partial charge in [-0.1, -0.05) is 25.0 Å². The van der Waals surface area contributed by atoms with Crippen molar-refractivity contribution in [3.63, 3.8) is 0 Å². The standard InChI is InChI=1S/C20H29N5O/c1-21-19(22-14-17-9-12-24-25(17)2)23-15-20(10-4-5-11-20)16-7-6-8-18(13-16)26-3/h6-9,12-13H,4-5,10-11,14-15H2,1-3H3,(H2,21,22,23). The van der Waals surface area contributed by atoms with E-state index >= 15 is 0 Å². The van der Waals surface area contributed by atoms with Crippen LogP contribution in [0, 0.1) is 0 Å². The van der Waals surface area contributed by atoms with Crippen LogP contribution in [0.4, 0.5) is 0 Å². The van der Waals surface area contributed by atoms with Gasteiger partial charge in [0, 0.05) is 32.3 Å². The van der Waals surface area contributed by atoms with E-state index in [2.05, 4.69) is 38.9 Å². The monoisotopic (exact) mass is 355 g/mol. The minimum atomic E-state index is 0.138. The number of hydrogen-bond acceptors (Lipinski definition) is 3. The van der Waals surface area contributed by atoms with Crippen molar-refractivity contribution < 1.29 is 4.74 Å². The van der Waals surface area contributed by atoms with Gasteiger partial charge in [0.1, 0.15) is 5.75 Å². The Hall–Kier alpha value is -2.50. The van der Waals surface area contributed by atoms with Gasteiger partial charge in [-0.3, -0.25) is 9.67 Å². The molecule has 1 aliphatic carbocycles. The van der Waals surface area contributed by atoms with Crippen LogP contribution in [0.25, 0.3) is 0 Å². The van der Waals surface area contributed by atoms with Crippen molar-refractivity contribution in [3.05, 3.63) is 47.8 Å². The van der Waals surface area contributed by atoms with Gasteiger partial charge < -0.3 is 15.4 Å². The maximum absolute atomic E-state index is 5.43. The summed E-state index contributed by atoms with van der Waals surface area (Å²) in [6.45, 7) is 1.56. The molecular formula is C20H29N5O. The second kappa shape index (κ2) is 8.25. The van der Waals surface area contributed by atoms with Gasteiger partial charge >= 0.3 is 0 Å². The molecule has 0 aliphatic heterocycles. The largest absolute Gasteiger partial charge is 0.497 e. The van der Waals surface area contributed by atoms with Crippen molar-refractivity contribution in [3.8, 4) is 5.75 Å². The number of aliphatic imine (C=N–C) groups is 1. The van der Waals surface area contributed by atoms with Crippen LogP contribution in [0.15, 0.2) is 41.5 Å². The molecule has 1 aromatic carbocycles. The number of methoxy groups -OCH3 is 1. The van der Waals surface area contributed by atoms with Gasteiger partial charge in [0.15, 0.2) is 5.96 Å². The van der Waals surface area contributed by atoms with Crippen LogP contribution in [0.2, 0.25) is 0 Å². The van der Waals surface area contributed by atoms with Gasteiger partial charge in [-0.25, -0.2) is 0 Å². The van der Waals surface area contributed by atoms with Crippen molar-refractivity contribution in [2.24, 2.45) is 12.0 Å². The van der Waals surface area contributed by atoms with E-state index in [1.807, 2.05) is 37.1 Å². The van der Waals surface area contributed by atoms with E-state index in [0.717, 1.165) is 23.9 Å². The van der Waals surface area contributed by atoms with Gasteiger partial charge in [-0.2, -0.15) is 5.10 Å². The molecule has 0 spiro atoms. The molecule has 0 bridgehead atoms. The summed E-state index contributed by atoms with van der Waals surface area (Å²) in [4.78, 5) is 4.38. The average molecular weight is 355 g/mol. The third kappa shape index (κ3) is 4.00. The molecule has 1 saturated carbocycles. The molecule has 3 rings (SSSR count). The molecular weight excluding hydrogens is 326 g/mol. The Kier molecular flexibility index (Phi) is 5.81. The van der Waals surface area contributed by atoms with E-state index in [9.17, 15) is 0 Å². The number of aromatic nitrogens is 2. The van der Waals surface area contributed by atoms with Crippen LogP contribution in [-0.4, -0.2) is 36.4 Å². The third-order valence-electron chi connectivity index (χ3n) is 5.42. The quantitative estimate of drug-likeness (QED) is 0.618. The molecule has 2 N–H and O–H groups in total. The molecule has 0 saturated heterocycles. The molecule has 0 unspecified atom stereocenters. The maximum atomic E-state index is 5.43. The Labute approximate surface area is 155 Å². The molecule has 6 heteroatoms. The van der Waals surface area contributed by atoms with Crippen LogP contribution in [0.1, 0.15) is 36.9 Å². The van der Waals surface area contributed by atoms with Gasteiger partial charge in [-0.05, 0) is 36.6 Å². The number of nitrogens with one attached hydrogen (secondary N) is 2. The molecule has 0 radical (unpaired) electrons. The minimum Gasteiger partial charge on any atom is -0.497 e. The van der Waals surface area contributed by atoms with Crippen LogP contribution < -0.4 is 15.4 Å². The molecule has 1 aromatic heterocycles. The number of aryl methyl sites for hydroxylation is 1. The van der Waals surface area contributed by atoms with Crippen LogP contribution in [0.5, 0.6) is 5.75 Å². The molecule has 0 amide bonds. The Morgan fingerprint density at radius 2 is 2.08 bits per heavy atom. The number of ether oxygens (including phenoxy) is 1. The van der Waals surface area contributed by atoms with Crippen molar-refractivity contribution in [2.75, 3.05) is 20.7 Å². The van der Waals surface area contributed by atoms with Crippen molar-refractivity contribution in [2.45, 2.75) is 37.6 Å². The zero-order chi connectivity index (χ0) is 18.4. The lowest BCUT2D eigenvalue weighted by Gasteiger charge is -2.31. The van der Waals surface area contributed by atoms with Crippen LogP contribution in [-0.2, 0) is 19.0 Å². The lowest BCUT2D eigenvalue weighted by Crippen LogP contribution is -2.44. The van der Waals surface area contributed by atoms with Crippen molar-refractivity contribution >= 4 is 5.96 Å². The molecule has 140 valence electrons. The maximum Gasteiger partial charge on any atom is 0.191 e. The van der Waals surface area contributed by atoms with Gasteiger partial charge in [0.2, 0.25) is 0 Å². The topological polar surface area (TPSA) is 63.5 Å². The van der Waals surface area contributed by atoms with Crippen molar-refractivity contribution in [1.82, 2.24) is 20.4 Å². The fourth-order valence-electron chi connectivity index (χ4n) is 3.79. The Bertz CT molecular complexity index is 746. The predicted molar refractivity (Wildman–Crippen MR) is 105 cm³/mol. The molecule has 1 fully saturated rings. The van der Waals surface area contributed by atoms with Crippen LogP contribution >= 0.6 is 0 Å². The second-order valence-electron chi connectivity index (χ2n) is 6.94. The predicted octanol–water partition coefficient (Wildman–Crippen LogP) is 2.61. The normalized spacial score (nSPS) is 16.5. The average Bonchev–Trinajstić information content (AvgIpc) is 3.32. The van der Waals surface area contributed by atoms with Gasteiger partial charge in [0.25, 0.3) is 0 Å². The second-order valence-corrected chi connectivity index (χ2v) is 6.94. The van der Waals surface area contributed by atoms with Crippen LogP contribution in [0.3, 0.4) is 0 Å². The fourth-order valence-corrected chi connectivity index (χ4v) is 3.79. The van der Waals surface area contributed by atoms with E-state index in [1.54, 1.807) is 7.11 Å². The minimum absolute atomic E-state index is 0.138. The summed E-state index contributed by atoms with van der Waals surface area (Å²) < 4.78 is 7.30. The summed E-state index contributed by atoms with van der Waals surface area (Å²) in [7, 11) is 5.48. The van der Waals surface area contributed by atoms with E-state index in [-0.39, 0.29) is 5.41 Å². The van der Waals surface area contributed by atoms with Gasteiger partial charge in [-0.15, -0.1) is 0 Å². The highest BCUT2D eigenvalue weighted by molar-refractivity contribution is 5.79. The summed E-state index contributed by atoms with van der Waals surface area (Å²) in [6.07, 6.45) is 6.71. The summed E-state index contributed by atoms with van der Waals surface area (Å²) in [5.74, 6) is 1.74. The molecule has 26 heavy (non-hydrogen) atoms. The lowest BCUT2D eigenvalue weighted by atomic mass is 9.78. The first-order valence-electron chi connectivity index (χ1n) is 9.23. The first-order chi connectivity index (χ1) is 12.7. The lowest BCUT2D eigenvalue weighted by molar-refractivity contribution is 0.404. The zero-order valence-electron chi connectivity index (χ0n) is 16.0. The van der Waals surface area contributed by atoms with Crippen molar-refractivity contribution in [1.29, 1.82) is 0 Å². The number of benzene rings is 1. The first-order valence-corrected chi connectivity index (χ1v) is 9.23. The highest BCUT2D eigenvalue weighted by Gasteiger charge is 2.36. The van der Waals surface area contributed by atoms with E-state index in [1.165, 1.54) is 31.2 Å². The fraction of sp³-hybridized carbons (Fsp3) is 0.500. The highest BCUT2D eigenvalue weighted by atomic mass is 16.5. The summed E-state index contributed by atoms with van der Waals surface area (Å²) in [5, 5.41) is 11.1. The van der Waals surface area contributed by atoms with E-state index in [4.69, 9.17) is 4.74 Å². The molecule has 2 aromatic rings. The molecule has 6 nitrogen and oxygen atoms in total. The number of hydrogen-bond donors (Lipinski definition) is 2. The Morgan fingerprint density at radius 3 is 2.73 bits per heavy atom. The zero-order valence-corrected chi connectivity index (χ0v) is 16.0. The molecule has 1 aliphatic rings. The summed E-state index contributed by atoms with van der Waals surface area (Å²) in [5.41, 5.74) is 2.61. The molecule has 1 heterocycles. The number of rotatable bonds is 6. The summed E-state index contributed by atoms with van der Waals surface area (Å²) >= 11 is 0. The van der Waals surface area contributed by atoms with E-state index in [0.29, 0.717) is 6.54 Å². The Morgan fingerprint density at radius 1 is 1.27 bits per heavy atom. The van der Waals surface area contributed by atoms with Gasteiger partial charge in [0.05, 0.1) is 19.3 Å². The highest BCUT2D eigenvalue weighted by Crippen LogP contribution is 2.41. The Balaban J connectivity index is 1.66. The molecule has 0 atom stereocenters. The van der Waals surface area contributed by atoms with E-state index < -0.39 is 0 Å².